The minimum absolute atomic E-state index is 0.0570. The number of nitrogens with two attached hydrogens (primary N) is 1. The number of aliphatic imine (C=N–C) groups is 1. The second kappa shape index (κ2) is 5.03. The normalized spacial score (nSPS) is 11.6. The molecule has 86 valence electrons. The SMILES string of the molecule is CC(=O)c1cc(F)c(N=C(N)CCl)c(F)c1. The third-order valence-corrected chi connectivity index (χ3v) is 2.09. The van der Waals surface area contributed by atoms with Crippen LogP contribution in [-0.4, -0.2) is 17.5 Å². The van der Waals surface area contributed by atoms with E-state index in [0.717, 1.165) is 12.1 Å². The summed E-state index contributed by atoms with van der Waals surface area (Å²) >= 11 is 5.33. The number of amidine groups is 1. The van der Waals surface area contributed by atoms with Crippen molar-refractivity contribution in [3.05, 3.63) is 29.3 Å². The molecule has 0 unspecified atom stereocenters. The van der Waals surface area contributed by atoms with Gasteiger partial charge in [-0.05, 0) is 19.1 Å². The van der Waals surface area contributed by atoms with E-state index >= 15 is 0 Å². The fourth-order valence-corrected chi connectivity index (χ4v) is 1.11. The van der Waals surface area contributed by atoms with Gasteiger partial charge in [0.1, 0.15) is 11.5 Å². The van der Waals surface area contributed by atoms with E-state index in [9.17, 15) is 13.6 Å². The highest BCUT2D eigenvalue weighted by Crippen LogP contribution is 2.24. The molecule has 0 bridgehead atoms. The molecular weight excluding hydrogens is 238 g/mol. The van der Waals surface area contributed by atoms with Gasteiger partial charge in [0.2, 0.25) is 0 Å². The van der Waals surface area contributed by atoms with Crippen molar-refractivity contribution in [1.29, 1.82) is 0 Å². The summed E-state index contributed by atoms with van der Waals surface area (Å²) in [5, 5.41) is 0. The van der Waals surface area contributed by atoms with Crippen LogP contribution in [0.1, 0.15) is 17.3 Å². The lowest BCUT2D eigenvalue weighted by Crippen LogP contribution is -2.12. The molecule has 0 fully saturated rings. The highest BCUT2D eigenvalue weighted by molar-refractivity contribution is 6.28. The van der Waals surface area contributed by atoms with Crippen LogP contribution in [-0.2, 0) is 0 Å². The van der Waals surface area contributed by atoms with Crippen molar-refractivity contribution in [2.45, 2.75) is 6.92 Å². The zero-order valence-corrected chi connectivity index (χ0v) is 9.18. The Morgan fingerprint density at radius 2 is 1.94 bits per heavy atom. The van der Waals surface area contributed by atoms with E-state index in [2.05, 4.69) is 4.99 Å². The second-order valence-electron chi connectivity index (χ2n) is 3.08. The number of carbonyl (C=O) groups excluding carboxylic acids is 1. The Hall–Kier alpha value is -1.49. The predicted molar refractivity (Wildman–Crippen MR) is 58.4 cm³/mol. The molecular formula is C10H9ClF2N2O. The third-order valence-electron chi connectivity index (χ3n) is 1.82. The molecule has 1 aromatic rings. The Kier molecular flexibility index (Phi) is 3.95. The van der Waals surface area contributed by atoms with Crippen LogP contribution < -0.4 is 5.73 Å². The molecule has 3 nitrogen and oxygen atoms in total. The summed E-state index contributed by atoms with van der Waals surface area (Å²) in [7, 11) is 0. The molecule has 0 aliphatic heterocycles. The lowest BCUT2D eigenvalue weighted by atomic mass is 10.1. The topological polar surface area (TPSA) is 55.5 Å². The van der Waals surface area contributed by atoms with Gasteiger partial charge < -0.3 is 5.73 Å². The minimum Gasteiger partial charge on any atom is -0.386 e. The summed E-state index contributed by atoms with van der Waals surface area (Å²) in [5.41, 5.74) is 4.66. The molecule has 0 aromatic heterocycles. The number of ketones is 1. The first-order chi connectivity index (χ1) is 7.45. The number of hydrogen-bond acceptors (Lipinski definition) is 2. The van der Waals surface area contributed by atoms with Crippen LogP contribution in [0.4, 0.5) is 14.5 Å². The summed E-state index contributed by atoms with van der Waals surface area (Å²) in [6.07, 6.45) is 0. The van der Waals surface area contributed by atoms with Gasteiger partial charge in [-0.3, -0.25) is 4.79 Å². The maximum absolute atomic E-state index is 13.4. The number of rotatable bonds is 3. The standard InChI is InChI=1S/C10H9ClF2N2O/c1-5(16)6-2-7(12)10(8(13)3-6)15-9(14)4-11/h2-3H,4H2,1H3,(H2,14,15). The molecule has 0 saturated carbocycles. The molecule has 0 heterocycles. The van der Waals surface area contributed by atoms with Crippen LogP contribution in [0.5, 0.6) is 0 Å². The van der Waals surface area contributed by atoms with Gasteiger partial charge in [0, 0.05) is 5.56 Å². The smallest absolute Gasteiger partial charge is 0.160 e. The van der Waals surface area contributed by atoms with E-state index in [1.54, 1.807) is 0 Å². The van der Waals surface area contributed by atoms with Crippen LogP contribution in [0.25, 0.3) is 0 Å². The molecule has 0 saturated heterocycles. The van der Waals surface area contributed by atoms with Gasteiger partial charge in [0.05, 0.1) is 5.88 Å². The Morgan fingerprint density at radius 1 is 1.44 bits per heavy atom. The van der Waals surface area contributed by atoms with Crippen molar-refractivity contribution in [2.24, 2.45) is 10.7 Å². The van der Waals surface area contributed by atoms with E-state index in [-0.39, 0.29) is 17.3 Å². The Labute approximate surface area is 95.9 Å². The largest absolute Gasteiger partial charge is 0.386 e. The van der Waals surface area contributed by atoms with E-state index < -0.39 is 23.1 Å². The molecule has 0 atom stereocenters. The zero-order chi connectivity index (χ0) is 12.3. The van der Waals surface area contributed by atoms with Crippen molar-refractivity contribution in [3.8, 4) is 0 Å². The quantitative estimate of drug-likeness (QED) is 0.385. The van der Waals surface area contributed by atoms with Gasteiger partial charge in [-0.15, -0.1) is 11.6 Å². The molecule has 0 aliphatic rings. The maximum Gasteiger partial charge on any atom is 0.160 e. The first kappa shape index (κ1) is 12.6. The van der Waals surface area contributed by atoms with Crippen LogP contribution >= 0.6 is 11.6 Å². The van der Waals surface area contributed by atoms with Gasteiger partial charge in [-0.1, -0.05) is 0 Å². The molecule has 16 heavy (non-hydrogen) atoms. The van der Waals surface area contributed by atoms with Gasteiger partial charge in [0.25, 0.3) is 0 Å². The highest BCUT2D eigenvalue weighted by atomic mass is 35.5. The molecule has 1 rings (SSSR count). The van der Waals surface area contributed by atoms with Crippen molar-refractivity contribution >= 4 is 28.9 Å². The summed E-state index contributed by atoms with van der Waals surface area (Å²) in [6, 6.07) is 1.82. The molecule has 2 N–H and O–H groups in total. The average molecular weight is 247 g/mol. The summed E-state index contributed by atoms with van der Waals surface area (Å²) in [6.45, 7) is 1.21. The first-order valence-corrected chi connectivity index (χ1v) is 4.88. The van der Waals surface area contributed by atoms with E-state index in [1.165, 1.54) is 6.92 Å². The van der Waals surface area contributed by atoms with Gasteiger partial charge >= 0.3 is 0 Å². The monoisotopic (exact) mass is 246 g/mol. The Balaban J connectivity index is 3.28. The van der Waals surface area contributed by atoms with Crippen molar-refractivity contribution < 1.29 is 13.6 Å². The third kappa shape index (κ3) is 2.76. The van der Waals surface area contributed by atoms with E-state index in [4.69, 9.17) is 17.3 Å². The van der Waals surface area contributed by atoms with Crippen LogP contribution in [0.3, 0.4) is 0 Å². The van der Waals surface area contributed by atoms with Crippen LogP contribution in [0.2, 0.25) is 0 Å². The molecule has 1 aromatic carbocycles. The summed E-state index contributed by atoms with van der Waals surface area (Å²) < 4.78 is 26.7. The molecule has 0 radical (unpaired) electrons. The maximum atomic E-state index is 13.4. The molecule has 6 heteroatoms. The number of alkyl halides is 1. The van der Waals surface area contributed by atoms with Crippen molar-refractivity contribution in [1.82, 2.24) is 0 Å². The van der Waals surface area contributed by atoms with Gasteiger partial charge in [0.15, 0.2) is 17.4 Å². The Bertz CT molecular complexity index is 437. The van der Waals surface area contributed by atoms with E-state index in [0.29, 0.717) is 0 Å². The predicted octanol–water partition coefficient (Wildman–Crippen LogP) is 2.39. The van der Waals surface area contributed by atoms with Crippen LogP contribution in [0, 0.1) is 11.6 Å². The zero-order valence-electron chi connectivity index (χ0n) is 8.43. The first-order valence-electron chi connectivity index (χ1n) is 4.34. The highest BCUT2D eigenvalue weighted by Gasteiger charge is 2.12. The number of hydrogen-bond donors (Lipinski definition) is 1. The fourth-order valence-electron chi connectivity index (χ4n) is 1.05. The average Bonchev–Trinajstić information content (AvgIpc) is 2.22. The summed E-state index contributed by atoms with van der Waals surface area (Å²) in [4.78, 5) is 14.4. The number of nitrogens with zero attached hydrogens (tertiary/aromatic N) is 1. The number of carbonyl (C=O) groups is 1. The molecule has 0 aliphatic carbocycles. The number of halogens is 3. The van der Waals surface area contributed by atoms with Gasteiger partial charge in [-0.2, -0.15) is 0 Å². The Morgan fingerprint density at radius 3 is 2.31 bits per heavy atom. The van der Waals surface area contributed by atoms with Crippen LogP contribution in [0.15, 0.2) is 17.1 Å². The van der Waals surface area contributed by atoms with Crippen molar-refractivity contribution in [3.63, 3.8) is 0 Å². The van der Waals surface area contributed by atoms with Crippen molar-refractivity contribution in [2.75, 3.05) is 5.88 Å². The van der Waals surface area contributed by atoms with Gasteiger partial charge in [-0.25, -0.2) is 13.8 Å². The molecule has 0 amide bonds. The summed E-state index contributed by atoms with van der Waals surface area (Å²) in [5.74, 6) is -2.56. The number of benzene rings is 1. The van der Waals surface area contributed by atoms with E-state index in [1.807, 2.05) is 0 Å². The lowest BCUT2D eigenvalue weighted by Gasteiger charge is -2.03. The minimum atomic E-state index is -0.946. The fraction of sp³-hybridized carbons (Fsp3) is 0.200. The lowest BCUT2D eigenvalue weighted by molar-refractivity contribution is 0.101. The number of Topliss-reactive ketones (excluding diaryl/α,β-unsaturated/α-hetero) is 1. The second-order valence-corrected chi connectivity index (χ2v) is 3.35. The molecule has 0 spiro atoms.